The van der Waals surface area contributed by atoms with Crippen LogP contribution < -0.4 is 9.46 Å². The second-order valence-electron chi connectivity index (χ2n) is 4.40. The zero-order valence-corrected chi connectivity index (χ0v) is 13.8. The predicted octanol–water partition coefficient (Wildman–Crippen LogP) is 4.07. The third-order valence-corrected chi connectivity index (χ3v) is 5.16. The van der Waals surface area contributed by atoms with Crippen LogP contribution in [0, 0.1) is 0 Å². The summed E-state index contributed by atoms with van der Waals surface area (Å²) in [7, 11) is -3.91. The monoisotopic (exact) mass is 381 g/mol. The van der Waals surface area contributed by atoms with Crippen molar-refractivity contribution < 1.29 is 21.9 Å². The van der Waals surface area contributed by atoms with E-state index >= 15 is 0 Å². The molecule has 0 bridgehead atoms. The fraction of sp³-hybridized carbons (Fsp3) is 0.143. The summed E-state index contributed by atoms with van der Waals surface area (Å²) in [4.78, 5) is -0.207. The highest BCUT2D eigenvalue weighted by Gasteiger charge is 2.21. The second-order valence-corrected chi connectivity index (χ2v) is 6.92. The lowest BCUT2D eigenvalue weighted by Crippen LogP contribution is -2.23. The van der Waals surface area contributed by atoms with E-state index in [2.05, 4.69) is 9.46 Å². The van der Waals surface area contributed by atoms with Crippen molar-refractivity contribution in [1.82, 2.24) is 4.72 Å². The summed E-state index contributed by atoms with van der Waals surface area (Å²) in [5.41, 5.74) is 0.554. The molecular weight excluding hydrogens is 371 g/mol. The standard InChI is InChI=1S/C14H11Cl2F2NO3S/c15-11-2-1-3-12(16)13(11)23(20,21)19-8-9-4-6-10(7-5-9)22-14(17)18/h1-7,14,19H,8H2. The van der Waals surface area contributed by atoms with Crippen molar-refractivity contribution in [2.24, 2.45) is 0 Å². The van der Waals surface area contributed by atoms with Gasteiger partial charge in [-0.15, -0.1) is 0 Å². The maximum Gasteiger partial charge on any atom is 0.387 e. The van der Waals surface area contributed by atoms with Gasteiger partial charge in [-0.3, -0.25) is 0 Å². The molecule has 0 amide bonds. The Hall–Kier alpha value is -1.41. The lowest BCUT2D eigenvalue weighted by Gasteiger charge is -2.10. The Labute approximate surface area is 142 Å². The molecule has 4 nitrogen and oxygen atoms in total. The molecule has 23 heavy (non-hydrogen) atoms. The molecule has 0 unspecified atom stereocenters. The highest BCUT2D eigenvalue weighted by Crippen LogP contribution is 2.28. The first-order valence-corrected chi connectivity index (χ1v) is 8.51. The topological polar surface area (TPSA) is 55.4 Å². The number of ether oxygens (including phenoxy) is 1. The second kappa shape index (κ2) is 7.44. The summed E-state index contributed by atoms with van der Waals surface area (Å²) < 4.78 is 55.2. The molecule has 0 spiro atoms. The smallest absolute Gasteiger partial charge is 0.387 e. The third-order valence-electron chi connectivity index (χ3n) is 2.80. The largest absolute Gasteiger partial charge is 0.435 e. The van der Waals surface area contributed by atoms with Gasteiger partial charge in [-0.25, -0.2) is 13.1 Å². The van der Waals surface area contributed by atoms with E-state index in [-0.39, 0.29) is 27.2 Å². The highest BCUT2D eigenvalue weighted by molar-refractivity contribution is 7.89. The van der Waals surface area contributed by atoms with Gasteiger partial charge in [-0.1, -0.05) is 41.4 Å². The van der Waals surface area contributed by atoms with Crippen LogP contribution in [0.5, 0.6) is 5.75 Å². The summed E-state index contributed by atoms with van der Waals surface area (Å²) in [5.74, 6) is -0.0132. The molecule has 9 heteroatoms. The van der Waals surface area contributed by atoms with Crippen molar-refractivity contribution >= 4 is 33.2 Å². The molecule has 0 saturated carbocycles. The van der Waals surface area contributed by atoms with Crippen molar-refractivity contribution in [3.63, 3.8) is 0 Å². The van der Waals surface area contributed by atoms with E-state index in [9.17, 15) is 17.2 Å². The van der Waals surface area contributed by atoms with Crippen LogP contribution in [0.3, 0.4) is 0 Å². The van der Waals surface area contributed by atoms with Gasteiger partial charge >= 0.3 is 6.61 Å². The molecule has 0 atom stereocenters. The van der Waals surface area contributed by atoms with Gasteiger partial charge in [0.2, 0.25) is 10.0 Å². The van der Waals surface area contributed by atoms with Crippen molar-refractivity contribution in [2.45, 2.75) is 18.1 Å². The van der Waals surface area contributed by atoms with Gasteiger partial charge in [-0.05, 0) is 29.8 Å². The minimum Gasteiger partial charge on any atom is -0.435 e. The van der Waals surface area contributed by atoms with Gasteiger partial charge in [0.25, 0.3) is 0 Å². The highest BCUT2D eigenvalue weighted by atomic mass is 35.5. The van der Waals surface area contributed by atoms with Crippen LogP contribution in [-0.4, -0.2) is 15.0 Å². The number of hydrogen-bond donors (Lipinski definition) is 1. The van der Waals surface area contributed by atoms with E-state index in [0.29, 0.717) is 5.56 Å². The van der Waals surface area contributed by atoms with E-state index in [1.54, 1.807) is 0 Å². The Balaban J connectivity index is 2.10. The van der Waals surface area contributed by atoms with Crippen molar-refractivity contribution in [1.29, 1.82) is 0 Å². The van der Waals surface area contributed by atoms with Gasteiger partial charge in [0, 0.05) is 6.54 Å². The molecular formula is C14H11Cl2F2NO3S. The quantitative estimate of drug-likeness (QED) is 0.820. The Morgan fingerprint density at radius 2 is 1.61 bits per heavy atom. The van der Waals surface area contributed by atoms with Crippen LogP contribution in [0.15, 0.2) is 47.4 Å². The minimum atomic E-state index is -3.91. The number of alkyl halides is 2. The predicted molar refractivity (Wildman–Crippen MR) is 83.6 cm³/mol. The molecule has 0 fully saturated rings. The first-order chi connectivity index (χ1) is 10.8. The normalized spacial score (nSPS) is 11.7. The average molecular weight is 382 g/mol. The number of benzene rings is 2. The zero-order chi connectivity index (χ0) is 17.0. The Kier molecular flexibility index (Phi) is 5.80. The molecule has 0 saturated heterocycles. The first kappa shape index (κ1) is 17.9. The summed E-state index contributed by atoms with van der Waals surface area (Å²) in [6, 6.07) is 9.93. The fourth-order valence-corrected chi connectivity index (χ4v) is 3.94. The SMILES string of the molecule is O=S(=O)(NCc1ccc(OC(F)F)cc1)c1c(Cl)cccc1Cl. The van der Waals surface area contributed by atoms with Crippen LogP contribution in [0.4, 0.5) is 8.78 Å². The average Bonchev–Trinajstić information content (AvgIpc) is 2.45. The van der Waals surface area contributed by atoms with Gasteiger partial charge in [0.1, 0.15) is 10.6 Å². The number of sulfonamides is 1. The van der Waals surface area contributed by atoms with Crippen LogP contribution >= 0.6 is 23.2 Å². The summed E-state index contributed by atoms with van der Waals surface area (Å²) in [5, 5.41) is 0.0105. The van der Waals surface area contributed by atoms with Crippen LogP contribution in [0.1, 0.15) is 5.56 Å². The molecule has 0 aromatic heterocycles. The molecule has 2 aromatic rings. The Morgan fingerprint density at radius 1 is 1.04 bits per heavy atom. The lowest BCUT2D eigenvalue weighted by atomic mass is 10.2. The number of nitrogens with one attached hydrogen (secondary N) is 1. The van der Waals surface area contributed by atoms with E-state index in [0.717, 1.165) is 0 Å². The number of rotatable bonds is 6. The summed E-state index contributed by atoms with van der Waals surface area (Å²) >= 11 is 11.7. The van der Waals surface area contributed by atoms with Gasteiger partial charge in [0.05, 0.1) is 10.0 Å². The molecule has 0 heterocycles. The van der Waals surface area contributed by atoms with Gasteiger partial charge < -0.3 is 4.74 Å². The van der Waals surface area contributed by atoms with Crippen LogP contribution in [0.25, 0.3) is 0 Å². The first-order valence-electron chi connectivity index (χ1n) is 6.27. The molecule has 0 radical (unpaired) electrons. The van der Waals surface area contributed by atoms with Gasteiger partial charge in [0.15, 0.2) is 0 Å². The van der Waals surface area contributed by atoms with E-state index in [1.165, 1.54) is 42.5 Å². The maximum absolute atomic E-state index is 12.3. The molecule has 0 aliphatic carbocycles. The van der Waals surface area contributed by atoms with Gasteiger partial charge in [-0.2, -0.15) is 8.78 Å². The molecule has 2 aromatic carbocycles. The van der Waals surface area contributed by atoms with E-state index in [1.807, 2.05) is 0 Å². The minimum absolute atomic E-state index is 0.00526. The Bertz CT molecular complexity index is 763. The molecule has 1 N–H and O–H groups in total. The number of hydrogen-bond acceptors (Lipinski definition) is 3. The van der Waals surface area contributed by atoms with Crippen molar-refractivity contribution in [2.75, 3.05) is 0 Å². The van der Waals surface area contributed by atoms with Crippen molar-refractivity contribution in [3.05, 3.63) is 58.1 Å². The van der Waals surface area contributed by atoms with Crippen molar-refractivity contribution in [3.8, 4) is 5.75 Å². The molecule has 124 valence electrons. The Morgan fingerprint density at radius 3 is 2.13 bits per heavy atom. The molecule has 0 aliphatic rings. The number of halogens is 4. The van der Waals surface area contributed by atoms with E-state index < -0.39 is 16.6 Å². The van der Waals surface area contributed by atoms with Crippen LogP contribution in [0.2, 0.25) is 10.0 Å². The third kappa shape index (κ3) is 4.78. The molecule has 2 rings (SSSR count). The molecule has 0 aliphatic heterocycles. The van der Waals surface area contributed by atoms with Crippen LogP contribution in [-0.2, 0) is 16.6 Å². The summed E-state index contributed by atoms with van der Waals surface area (Å²) in [6.45, 7) is -2.97. The maximum atomic E-state index is 12.3. The summed E-state index contributed by atoms with van der Waals surface area (Å²) in [6.07, 6.45) is 0. The zero-order valence-electron chi connectivity index (χ0n) is 11.5. The van der Waals surface area contributed by atoms with E-state index in [4.69, 9.17) is 23.2 Å². The fourth-order valence-electron chi connectivity index (χ4n) is 1.78. The lowest BCUT2D eigenvalue weighted by molar-refractivity contribution is -0.0498.